The van der Waals surface area contributed by atoms with E-state index < -0.39 is 23.3 Å². The molecule has 1 atom stereocenters. The zero-order valence-corrected chi connectivity index (χ0v) is 13.2. The van der Waals surface area contributed by atoms with Crippen LogP contribution in [0.1, 0.15) is 56.3 Å². The van der Waals surface area contributed by atoms with Crippen molar-refractivity contribution in [3.8, 4) is 0 Å². The van der Waals surface area contributed by atoms with Gasteiger partial charge in [-0.1, -0.05) is 19.8 Å². The molecule has 1 N–H and O–H groups in total. The van der Waals surface area contributed by atoms with Gasteiger partial charge in [-0.25, -0.2) is 0 Å². The molecule has 4 nitrogen and oxygen atoms in total. The predicted molar refractivity (Wildman–Crippen MR) is 80.2 cm³/mol. The molecule has 0 aliphatic heterocycles. The predicted octanol–water partition coefficient (Wildman–Crippen LogP) is 3.19. The Bertz CT molecular complexity index is 631. The van der Waals surface area contributed by atoms with Gasteiger partial charge in [0.15, 0.2) is 0 Å². The van der Waals surface area contributed by atoms with Gasteiger partial charge in [0.25, 0.3) is 5.56 Å². The first-order chi connectivity index (χ1) is 10.7. The summed E-state index contributed by atoms with van der Waals surface area (Å²) in [6.07, 6.45) is -0.310. The van der Waals surface area contributed by atoms with Crippen LogP contribution < -0.4 is 10.9 Å². The summed E-state index contributed by atoms with van der Waals surface area (Å²) in [7, 11) is 0. The molecule has 128 valence electrons. The Morgan fingerprint density at radius 2 is 1.96 bits per heavy atom. The molecule has 2 rings (SSSR count). The number of nitrogens with zero attached hydrogens (tertiary/aromatic N) is 1. The molecule has 1 amide bonds. The van der Waals surface area contributed by atoms with E-state index in [-0.39, 0.29) is 17.6 Å². The van der Waals surface area contributed by atoms with Gasteiger partial charge < -0.3 is 9.88 Å². The number of carbonyl (C=O) groups excluding carboxylic acids is 1. The highest BCUT2D eigenvalue weighted by molar-refractivity contribution is 5.80. The summed E-state index contributed by atoms with van der Waals surface area (Å²) < 4.78 is 39.4. The molecule has 0 radical (unpaired) electrons. The maximum absolute atomic E-state index is 12.8. The van der Waals surface area contributed by atoms with E-state index in [1.54, 1.807) is 6.92 Å². The van der Waals surface area contributed by atoms with Gasteiger partial charge in [0.2, 0.25) is 5.91 Å². The van der Waals surface area contributed by atoms with Crippen molar-refractivity contribution in [3.63, 3.8) is 0 Å². The van der Waals surface area contributed by atoms with Crippen molar-refractivity contribution in [1.29, 1.82) is 0 Å². The molecule has 1 fully saturated rings. The van der Waals surface area contributed by atoms with Crippen LogP contribution in [-0.2, 0) is 11.0 Å². The quantitative estimate of drug-likeness (QED) is 0.922. The molecule has 0 aromatic carbocycles. The summed E-state index contributed by atoms with van der Waals surface area (Å²) in [4.78, 5) is 24.6. The number of rotatable bonds is 4. The number of aryl methyl sites for hydroxylation is 1. The molecular weight excluding hydrogens is 309 g/mol. The molecule has 0 saturated heterocycles. The van der Waals surface area contributed by atoms with E-state index in [9.17, 15) is 22.8 Å². The smallest absolute Gasteiger partial charge is 0.352 e. The van der Waals surface area contributed by atoms with Gasteiger partial charge in [0.05, 0.1) is 5.56 Å². The van der Waals surface area contributed by atoms with Crippen LogP contribution in [0.25, 0.3) is 0 Å². The number of amides is 1. The Balaban J connectivity index is 2.30. The van der Waals surface area contributed by atoms with Crippen LogP contribution in [0.15, 0.2) is 16.9 Å². The second-order valence-electron chi connectivity index (χ2n) is 6.01. The van der Waals surface area contributed by atoms with Gasteiger partial charge in [-0.3, -0.25) is 9.59 Å². The normalized spacial score (nSPS) is 17.3. The first kappa shape index (κ1) is 17.6. The molecule has 1 aromatic heterocycles. The van der Waals surface area contributed by atoms with Crippen LogP contribution in [0.3, 0.4) is 0 Å². The van der Waals surface area contributed by atoms with Gasteiger partial charge in [-0.2, -0.15) is 13.2 Å². The lowest BCUT2D eigenvalue weighted by atomic mass is 10.1. The van der Waals surface area contributed by atoms with Gasteiger partial charge in [0, 0.05) is 17.8 Å². The van der Waals surface area contributed by atoms with E-state index in [0.29, 0.717) is 12.5 Å². The third-order valence-electron chi connectivity index (χ3n) is 4.29. The molecule has 1 aromatic rings. The maximum atomic E-state index is 12.8. The Morgan fingerprint density at radius 3 is 2.43 bits per heavy atom. The number of aromatic nitrogens is 1. The van der Waals surface area contributed by atoms with Crippen LogP contribution in [0, 0.1) is 6.92 Å². The second-order valence-corrected chi connectivity index (χ2v) is 6.01. The Labute approximate surface area is 132 Å². The molecule has 0 bridgehead atoms. The van der Waals surface area contributed by atoms with E-state index in [1.807, 2.05) is 0 Å². The van der Waals surface area contributed by atoms with Crippen molar-refractivity contribution in [2.75, 3.05) is 0 Å². The standard InChI is InChI=1S/C16H21F3N2O2/c1-3-13(15(23)20-12-6-4-5-7-12)21-10(2)8-11(9-14(21)22)16(17,18)19/h8-9,12-13H,3-7H2,1-2H3,(H,20,23)/t13-/m0/s1. The summed E-state index contributed by atoms with van der Waals surface area (Å²) >= 11 is 0. The Hall–Kier alpha value is -1.79. The van der Waals surface area contributed by atoms with Gasteiger partial charge >= 0.3 is 6.18 Å². The van der Waals surface area contributed by atoms with Crippen LogP contribution in [0.2, 0.25) is 0 Å². The highest BCUT2D eigenvalue weighted by Gasteiger charge is 2.33. The largest absolute Gasteiger partial charge is 0.416 e. The number of alkyl halides is 3. The Kier molecular flexibility index (Phi) is 5.16. The van der Waals surface area contributed by atoms with Crippen molar-refractivity contribution in [2.45, 2.75) is 64.2 Å². The molecule has 1 aliphatic carbocycles. The summed E-state index contributed by atoms with van der Waals surface area (Å²) in [6, 6.07) is 0.776. The summed E-state index contributed by atoms with van der Waals surface area (Å²) in [5.74, 6) is -0.302. The highest BCUT2D eigenvalue weighted by atomic mass is 19.4. The first-order valence-corrected chi connectivity index (χ1v) is 7.84. The number of pyridine rings is 1. The zero-order valence-electron chi connectivity index (χ0n) is 13.2. The van der Waals surface area contributed by atoms with Crippen LogP contribution >= 0.6 is 0 Å². The van der Waals surface area contributed by atoms with Crippen molar-refractivity contribution in [3.05, 3.63) is 33.7 Å². The zero-order chi connectivity index (χ0) is 17.2. The number of nitrogens with one attached hydrogen (secondary N) is 1. The average molecular weight is 330 g/mol. The lowest BCUT2D eigenvalue weighted by molar-refractivity contribution is -0.137. The van der Waals surface area contributed by atoms with Crippen LogP contribution in [-0.4, -0.2) is 16.5 Å². The minimum Gasteiger partial charge on any atom is -0.352 e. The molecule has 1 saturated carbocycles. The third kappa shape index (κ3) is 3.95. The molecule has 0 unspecified atom stereocenters. The first-order valence-electron chi connectivity index (χ1n) is 7.84. The van der Waals surface area contributed by atoms with E-state index in [0.717, 1.165) is 36.3 Å². The molecule has 1 heterocycles. The van der Waals surface area contributed by atoms with Crippen molar-refractivity contribution >= 4 is 5.91 Å². The molecular formula is C16H21F3N2O2. The van der Waals surface area contributed by atoms with Crippen LogP contribution in [0.5, 0.6) is 0 Å². The number of hydrogen-bond acceptors (Lipinski definition) is 2. The molecule has 0 spiro atoms. The third-order valence-corrected chi connectivity index (χ3v) is 4.29. The van der Waals surface area contributed by atoms with Crippen molar-refractivity contribution in [2.24, 2.45) is 0 Å². The lowest BCUT2D eigenvalue weighted by Gasteiger charge is -2.23. The van der Waals surface area contributed by atoms with Crippen molar-refractivity contribution in [1.82, 2.24) is 9.88 Å². The lowest BCUT2D eigenvalue weighted by Crippen LogP contribution is -2.41. The minimum atomic E-state index is -4.57. The van der Waals surface area contributed by atoms with Gasteiger partial charge in [0.1, 0.15) is 6.04 Å². The fourth-order valence-corrected chi connectivity index (χ4v) is 3.13. The van der Waals surface area contributed by atoms with Crippen LogP contribution in [0.4, 0.5) is 13.2 Å². The average Bonchev–Trinajstić information content (AvgIpc) is 2.94. The van der Waals surface area contributed by atoms with Crippen molar-refractivity contribution < 1.29 is 18.0 Å². The number of carbonyl (C=O) groups is 1. The second kappa shape index (κ2) is 6.76. The molecule has 23 heavy (non-hydrogen) atoms. The summed E-state index contributed by atoms with van der Waals surface area (Å²) in [6.45, 7) is 3.16. The number of hydrogen-bond donors (Lipinski definition) is 1. The summed E-state index contributed by atoms with van der Waals surface area (Å²) in [5, 5.41) is 2.91. The van der Waals surface area contributed by atoms with E-state index in [1.165, 1.54) is 6.92 Å². The Morgan fingerprint density at radius 1 is 1.35 bits per heavy atom. The number of halogens is 3. The monoisotopic (exact) mass is 330 g/mol. The van der Waals surface area contributed by atoms with Gasteiger partial charge in [-0.05, 0) is 32.3 Å². The highest BCUT2D eigenvalue weighted by Crippen LogP contribution is 2.29. The molecule has 1 aliphatic rings. The topological polar surface area (TPSA) is 51.1 Å². The SMILES string of the molecule is CC[C@@H](C(=O)NC1CCCC1)n1c(C)cc(C(F)(F)F)cc1=O. The van der Waals surface area contributed by atoms with E-state index >= 15 is 0 Å². The van der Waals surface area contributed by atoms with E-state index in [4.69, 9.17) is 0 Å². The maximum Gasteiger partial charge on any atom is 0.416 e. The molecule has 7 heteroatoms. The fourth-order valence-electron chi connectivity index (χ4n) is 3.13. The minimum absolute atomic E-state index is 0.0991. The van der Waals surface area contributed by atoms with E-state index in [2.05, 4.69) is 5.32 Å². The summed E-state index contributed by atoms with van der Waals surface area (Å²) in [5.41, 5.74) is -1.65. The van der Waals surface area contributed by atoms with Gasteiger partial charge in [-0.15, -0.1) is 0 Å². The fraction of sp³-hybridized carbons (Fsp3) is 0.625.